The van der Waals surface area contributed by atoms with Gasteiger partial charge < -0.3 is 15.2 Å². The van der Waals surface area contributed by atoms with E-state index in [2.05, 4.69) is 15.3 Å². The van der Waals surface area contributed by atoms with Crippen molar-refractivity contribution < 1.29 is 9.18 Å². The number of benzene rings is 1. The molecule has 2 N–H and O–H groups in total. The highest BCUT2D eigenvalue weighted by atomic mass is 19.1. The molecule has 1 amide bonds. The van der Waals surface area contributed by atoms with Crippen molar-refractivity contribution in [2.45, 2.75) is 12.5 Å². The third kappa shape index (κ3) is 1.79. The number of amides is 1. The number of rotatable bonds is 2. The van der Waals surface area contributed by atoms with Gasteiger partial charge >= 0.3 is 0 Å². The van der Waals surface area contributed by atoms with Crippen molar-refractivity contribution in [1.29, 1.82) is 0 Å². The lowest BCUT2D eigenvalue weighted by Gasteiger charge is -2.10. The number of aromatic amines is 1. The van der Waals surface area contributed by atoms with Crippen LogP contribution < -0.4 is 5.32 Å². The maximum absolute atomic E-state index is 13.0. The van der Waals surface area contributed by atoms with Crippen LogP contribution in [0.1, 0.15) is 6.42 Å². The Labute approximate surface area is 103 Å². The standard InChI is InChI=1S/C12H13FN4O/c1-17-5-4-9(11(17)18)15-12-14-8-3-2-7(13)6-10(8)16-12/h2-3,6,9H,4-5H2,1H3,(H2,14,15,16). The summed E-state index contributed by atoms with van der Waals surface area (Å²) in [5, 5.41) is 3.05. The predicted octanol–water partition coefficient (Wildman–Crippen LogP) is 1.34. The fourth-order valence-electron chi connectivity index (χ4n) is 2.17. The fourth-order valence-corrected chi connectivity index (χ4v) is 2.17. The van der Waals surface area contributed by atoms with Crippen molar-refractivity contribution in [3.05, 3.63) is 24.0 Å². The van der Waals surface area contributed by atoms with Crippen LogP contribution in [0.5, 0.6) is 0 Å². The highest BCUT2D eigenvalue weighted by Crippen LogP contribution is 2.18. The van der Waals surface area contributed by atoms with Crippen LogP contribution in [0, 0.1) is 5.82 Å². The molecule has 1 aromatic carbocycles. The van der Waals surface area contributed by atoms with Crippen molar-refractivity contribution in [3.8, 4) is 0 Å². The normalized spacial score (nSPS) is 19.8. The van der Waals surface area contributed by atoms with Crippen molar-refractivity contribution in [2.24, 2.45) is 0 Å². The summed E-state index contributed by atoms with van der Waals surface area (Å²) in [6.45, 7) is 0.741. The monoisotopic (exact) mass is 248 g/mol. The highest BCUT2D eigenvalue weighted by molar-refractivity contribution is 5.86. The van der Waals surface area contributed by atoms with E-state index >= 15 is 0 Å². The molecule has 2 heterocycles. The zero-order chi connectivity index (χ0) is 12.7. The van der Waals surface area contributed by atoms with E-state index in [4.69, 9.17) is 0 Å². The first-order valence-corrected chi connectivity index (χ1v) is 5.80. The van der Waals surface area contributed by atoms with Crippen molar-refractivity contribution in [3.63, 3.8) is 0 Å². The average Bonchev–Trinajstić information content (AvgIpc) is 2.86. The van der Waals surface area contributed by atoms with Gasteiger partial charge in [0, 0.05) is 13.6 Å². The molecule has 18 heavy (non-hydrogen) atoms. The van der Waals surface area contributed by atoms with Crippen LogP contribution in [0.3, 0.4) is 0 Å². The van der Waals surface area contributed by atoms with Gasteiger partial charge in [0.1, 0.15) is 11.9 Å². The van der Waals surface area contributed by atoms with E-state index < -0.39 is 0 Å². The largest absolute Gasteiger partial charge is 0.344 e. The topological polar surface area (TPSA) is 61.0 Å². The molecule has 1 aliphatic rings. The van der Waals surface area contributed by atoms with Crippen LogP contribution in [-0.4, -0.2) is 40.4 Å². The zero-order valence-corrected chi connectivity index (χ0v) is 9.90. The van der Waals surface area contributed by atoms with E-state index in [1.54, 1.807) is 18.0 Å². The molecule has 3 rings (SSSR count). The minimum absolute atomic E-state index is 0.0571. The maximum atomic E-state index is 13.0. The van der Waals surface area contributed by atoms with Gasteiger partial charge in [-0.15, -0.1) is 0 Å². The number of halogens is 1. The third-order valence-electron chi connectivity index (χ3n) is 3.18. The van der Waals surface area contributed by atoms with Crippen molar-refractivity contribution in [2.75, 3.05) is 18.9 Å². The molecular weight excluding hydrogens is 235 g/mol. The molecule has 1 aliphatic heterocycles. The number of nitrogens with one attached hydrogen (secondary N) is 2. The Morgan fingerprint density at radius 3 is 3.11 bits per heavy atom. The van der Waals surface area contributed by atoms with E-state index in [9.17, 15) is 9.18 Å². The molecule has 1 fully saturated rings. The van der Waals surface area contributed by atoms with Crippen LogP contribution in [0.2, 0.25) is 0 Å². The third-order valence-corrected chi connectivity index (χ3v) is 3.18. The summed E-state index contributed by atoms with van der Waals surface area (Å²) < 4.78 is 13.0. The first-order chi connectivity index (χ1) is 8.63. The van der Waals surface area contributed by atoms with Gasteiger partial charge in [0.15, 0.2) is 0 Å². The number of anilines is 1. The second kappa shape index (κ2) is 3.97. The Bertz CT molecular complexity index is 609. The number of hydrogen-bond acceptors (Lipinski definition) is 3. The van der Waals surface area contributed by atoms with Gasteiger partial charge in [-0.25, -0.2) is 9.37 Å². The summed E-state index contributed by atoms with van der Waals surface area (Å²) in [6.07, 6.45) is 0.751. The smallest absolute Gasteiger partial charge is 0.244 e. The molecule has 0 aliphatic carbocycles. The van der Waals surface area contributed by atoms with Crippen LogP contribution in [0.4, 0.5) is 10.3 Å². The number of likely N-dealkylation sites (N-methyl/N-ethyl adjacent to an activating group) is 1. The molecule has 0 saturated carbocycles. The van der Waals surface area contributed by atoms with Gasteiger partial charge in [0.05, 0.1) is 11.0 Å². The van der Waals surface area contributed by atoms with E-state index in [1.165, 1.54) is 12.1 Å². The Kier molecular flexibility index (Phi) is 2.43. The fraction of sp³-hybridized carbons (Fsp3) is 0.333. The number of fused-ring (bicyclic) bond motifs is 1. The number of H-pyrrole nitrogens is 1. The average molecular weight is 248 g/mol. The van der Waals surface area contributed by atoms with Gasteiger partial charge in [-0.1, -0.05) is 0 Å². The van der Waals surface area contributed by atoms with Crippen LogP contribution in [0.15, 0.2) is 18.2 Å². The van der Waals surface area contributed by atoms with Gasteiger partial charge in [-0.3, -0.25) is 4.79 Å². The molecule has 1 aromatic heterocycles. The Morgan fingerprint density at radius 2 is 2.39 bits per heavy atom. The minimum Gasteiger partial charge on any atom is -0.344 e. The molecule has 1 saturated heterocycles. The number of imidazole rings is 1. The molecule has 2 aromatic rings. The Morgan fingerprint density at radius 1 is 1.56 bits per heavy atom. The second-order valence-corrected chi connectivity index (χ2v) is 4.49. The van der Waals surface area contributed by atoms with Gasteiger partial charge in [0.2, 0.25) is 11.9 Å². The second-order valence-electron chi connectivity index (χ2n) is 4.49. The number of carbonyl (C=O) groups excluding carboxylic acids is 1. The highest BCUT2D eigenvalue weighted by Gasteiger charge is 2.29. The first kappa shape index (κ1) is 11.0. The van der Waals surface area contributed by atoms with E-state index in [0.29, 0.717) is 17.0 Å². The minimum atomic E-state index is -0.311. The van der Waals surface area contributed by atoms with Gasteiger partial charge in [-0.2, -0.15) is 0 Å². The molecule has 1 atom stereocenters. The van der Waals surface area contributed by atoms with Crippen LogP contribution in [-0.2, 0) is 4.79 Å². The number of nitrogens with zero attached hydrogens (tertiary/aromatic N) is 2. The zero-order valence-electron chi connectivity index (χ0n) is 9.90. The van der Waals surface area contributed by atoms with Crippen molar-refractivity contribution in [1.82, 2.24) is 14.9 Å². The Hall–Kier alpha value is -2.11. The lowest BCUT2D eigenvalue weighted by molar-refractivity contribution is -0.127. The summed E-state index contributed by atoms with van der Waals surface area (Å²) in [5.74, 6) is 0.250. The lowest BCUT2D eigenvalue weighted by Crippen LogP contribution is -2.31. The van der Waals surface area contributed by atoms with Crippen molar-refractivity contribution >= 4 is 22.9 Å². The summed E-state index contributed by atoms with van der Waals surface area (Å²) in [6, 6.07) is 4.10. The lowest BCUT2D eigenvalue weighted by atomic mass is 10.2. The summed E-state index contributed by atoms with van der Waals surface area (Å²) in [4.78, 5) is 20.7. The SMILES string of the molecule is CN1CCC(Nc2nc3ccc(F)cc3[nH]2)C1=O. The quantitative estimate of drug-likeness (QED) is 0.843. The van der Waals surface area contributed by atoms with Gasteiger partial charge in [-0.05, 0) is 24.6 Å². The Balaban J connectivity index is 1.85. The molecule has 0 radical (unpaired) electrons. The molecule has 6 heteroatoms. The predicted molar refractivity (Wildman–Crippen MR) is 65.7 cm³/mol. The number of aromatic nitrogens is 2. The number of likely N-dealkylation sites (tertiary alicyclic amines) is 1. The van der Waals surface area contributed by atoms with E-state index in [1.807, 2.05) is 0 Å². The molecule has 0 bridgehead atoms. The maximum Gasteiger partial charge on any atom is 0.244 e. The molecule has 0 spiro atoms. The summed E-state index contributed by atoms with van der Waals surface area (Å²) in [5.41, 5.74) is 1.30. The van der Waals surface area contributed by atoms with Gasteiger partial charge in [0.25, 0.3) is 0 Å². The summed E-state index contributed by atoms with van der Waals surface area (Å²) >= 11 is 0. The number of hydrogen-bond donors (Lipinski definition) is 2. The van der Waals surface area contributed by atoms with E-state index in [-0.39, 0.29) is 17.8 Å². The molecular formula is C12H13FN4O. The summed E-state index contributed by atoms with van der Waals surface area (Å²) in [7, 11) is 1.78. The molecule has 5 nitrogen and oxygen atoms in total. The first-order valence-electron chi connectivity index (χ1n) is 5.80. The van der Waals surface area contributed by atoms with Crippen LogP contribution in [0.25, 0.3) is 11.0 Å². The number of carbonyl (C=O) groups is 1. The molecule has 94 valence electrons. The van der Waals surface area contributed by atoms with E-state index in [0.717, 1.165) is 13.0 Å². The molecule has 1 unspecified atom stereocenters. The van der Waals surface area contributed by atoms with Crippen LogP contribution >= 0.6 is 0 Å².